The van der Waals surface area contributed by atoms with Gasteiger partial charge in [-0.25, -0.2) is 4.79 Å². The third-order valence-electron chi connectivity index (χ3n) is 6.30. The minimum absolute atomic E-state index is 0.0278. The summed E-state index contributed by atoms with van der Waals surface area (Å²) in [4.78, 5) is 30.2. The number of thiocarbonyl (C=S) groups is 1. The Labute approximate surface area is 204 Å². The molecule has 1 atom stereocenters. The highest BCUT2D eigenvalue weighted by Crippen LogP contribution is 2.22. The second-order valence-corrected chi connectivity index (χ2v) is 8.96. The van der Waals surface area contributed by atoms with Crippen molar-refractivity contribution in [2.45, 2.75) is 39.3 Å². The van der Waals surface area contributed by atoms with Crippen LogP contribution in [0.25, 0.3) is 10.9 Å². The smallest absolute Gasteiger partial charge is 0.339 e. The number of fused-ring (bicyclic) bond motifs is 1. The number of carbonyl (C=O) groups excluding carboxylic acids is 1. The predicted octanol–water partition coefficient (Wildman–Crippen LogP) is 4.31. The van der Waals surface area contributed by atoms with E-state index >= 15 is 0 Å². The molecule has 0 saturated carbocycles. The van der Waals surface area contributed by atoms with E-state index in [4.69, 9.17) is 21.7 Å². The highest BCUT2D eigenvalue weighted by molar-refractivity contribution is 7.80. The largest absolute Gasteiger partial charge is 0.465 e. The lowest BCUT2D eigenvalue weighted by atomic mass is 10.0. The maximum Gasteiger partial charge on any atom is 0.339 e. The lowest BCUT2D eigenvalue weighted by molar-refractivity contribution is 0.0602. The molecule has 1 aromatic heterocycles. The average molecular weight is 480 g/mol. The number of aryl methyl sites for hydroxylation is 2. The quantitative estimate of drug-likeness (QED) is 0.403. The Balaban J connectivity index is 1.64. The Morgan fingerprint density at radius 1 is 1.26 bits per heavy atom. The zero-order valence-corrected chi connectivity index (χ0v) is 20.5. The first-order valence-corrected chi connectivity index (χ1v) is 11.7. The first-order valence-electron chi connectivity index (χ1n) is 11.3. The van der Waals surface area contributed by atoms with Crippen LogP contribution in [0.15, 0.2) is 47.3 Å². The van der Waals surface area contributed by atoms with Crippen LogP contribution in [0.5, 0.6) is 0 Å². The molecule has 2 aromatic carbocycles. The summed E-state index contributed by atoms with van der Waals surface area (Å²) in [5, 5.41) is 4.57. The van der Waals surface area contributed by atoms with Crippen LogP contribution in [0.4, 0.5) is 5.69 Å². The number of ether oxygens (including phenoxy) is 2. The van der Waals surface area contributed by atoms with Gasteiger partial charge in [0.1, 0.15) is 0 Å². The number of nitrogens with zero attached hydrogens (tertiary/aromatic N) is 1. The number of aromatic amines is 1. The number of rotatable bonds is 6. The molecular formula is C26H29N3O4S. The van der Waals surface area contributed by atoms with E-state index in [1.807, 2.05) is 36.9 Å². The summed E-state index contributed by atoms with van der Waals surface area (Å²) in [5.41, 5.74) is 4.45. The predicted molar refractivity (Wildman–Crippen MR) is 137 cm³/mol. The summed E-state index contributed by atoms with van der Waals surface area (Å²) in [7, 11) is 1.34. The van der Waals surface area contributed by atoms with Crippen LogP contribution in [0.1, 0.15) is 39.9 Å². The molecular weight excluding hydrogens is 450 g/mol. The lowest BCUT2D eigenvalue weighted by Gasteiger charge is -2.28. The molecule has 2 N–H and O–H groups in total. The zero-order valence-electron chi connectivity index (χ0n) is 19.6. The minimum Gasteiger partial charge on any atom is -0.465 e. The van der Waals surface area contributed by atoms with E-state index in [0.29, 0.717) is 35.0 Å². The molecule has 3 aromatic rings. The first kappa shape index (κ1) is 23.9. The molecule has 2 heterocycles. The average Bonchev–Trinajstić information content (AvgIpc) is 3.35. The SMILES string of the molecule is COC(=O)c1ccccc1NC(=S)N(Cc1cc2ccc(C)c(C)c2[nH]c1=O)C[C@@H]1CCCO1. The van der Waals surface area contributed by atoms with Crippen molar-refractivity contribution in [3.8, 4) is 0 Å². The van der Waals surface area contributed by atoms with Crippen LogP contribution < -0.4 is 10.9 Å². The van der Waals surface area contributed by atoms with Crippen molar-refractivity contribution < 1.29 is 14.3 Å². The van der Waals surface area contributed by atoms with E-state index in [2.05, 4.69) is 16.4 Å². The maximum absolute atomic E-state index is 13.0. The van der Waals surface area contributed by atoms with Gasteiger partial charge < -0.3 is 24.7 Å². The fraction of sp³-hybridized carbons (Fsp3) is 0.346. The normalized spacial score (nSPS) is 15.3. The molecule has 1 aliphatic rings. The zero-order chi connectivity index (χ0) is 24.2. The highest BCUT2D eigenvalue weighted by Gasteiger charge is 2.23. The summed E-state index contributed by atoms with van der Waals surface area (Å²) >= 11 is 5.75. The molecule has 34 heavy (non-hydrogen) atoms. The van der Waals surface area contributed by atoms with Crippen LogP contribution in [0, 0.1) is 13.8 Å². The first-order chi connectivity index (χ1) is 16.4. The Bertz CT molecular complexity index is 1280. The number of methoxy groups -OCH3 is 1. The molecule has 0 spiro atoms. The number of hydrogen-bond acceptors (Lipinski definition) is 5. The van der Waals surface area contributed by atoms with Crippen molar-refractivity contribution in [1.29, 1.82) is 0 Å². The molecule has 178 valence electrons. The summed E-state index contributed by atoms with van der Waals surface area (Å²) in [5.74, 6) is -0.451. The molecule has 0 aliphatic carbocycles. The van der Waals surface area contributed by atoms with Crippen LogP contribution in [0.2, 0.25) is 0 Å². The molecule has 1 fully saturated rings. The minimum atomic E-state index is -0.451. The Kier molecular flexibility index (Phi) is 7.29. The van der Waals surface area contributed by atoms with Crippen LogP contribution >= 0.6 is 12.2 Å². The number of benzene rings is 2. The Morgan fingerprint density at radius 3 is 2.79 bits per heavy atom. The Hall–Kier alpha value is -3.23. The summed E-state index contributed by atoms with van der Waals surface area (Å²) in [6, 6.07) is 13.0. The maximum atomic E-state index is 13.0. The molecule has 0 unspecified atom stereocenters. The number of H-pyrrole nitrogens is 1. The van der Waals surface area contributed by atoms with E-state index in [1.54, 1.807) is 18.2 Å². The number of nitrogens with one attached hydrogen (secondary N) is 2. The topological polar surface area (TPSA) is 83.7 Å². The molecule has 1 saturated heterocycles. The van der Waals surface area contributed by atoms with Gasteiger partial charge in [-0.3, -0.25) is 4.79 Å². The Morgan fingerprint density at radius 2 is 2.06 bits per heavy atom. The van der Waals surface area contributed by atoms with Gasteiger partial charge in [0.2, 0.25) is 0 Å². The number of anilines is 1. The number of hydrogen-bond donors (Lipinski definition) is 2. The fourth-order valence-electron chi connectivity index (χ4n) is 4.22. The number of esters is 1. The monoisotopic (exact) mass is 479 g/mol. The number of carbonyl (C=O) groups is 1. The van der Waals surface area contributed by atoms with E-state index in [-0.39, 0.29) is 11.7 Å². The van der Waals surface area contributed by atoms with Gasteiger partial charge in [0.05, 0.1) is 36.5 Å². The van der Waals surface area contributed by atoms with Gasteiger partial charge in [-0.05, 0) is 73.6 Å². The lowest BCUT2D eigenvalue weighted by Crippen LogP contribution is -2.40. The van der Waals surface area contributed by atoms with Crippen molar-refractivity contribution in [1.82, 2.24) is 9.88 Å². The fourth-order valence-corrected chi connectivity index (χ4v) is 4.47. The highest BCUT2D eigenvalue weighted by atomic mass is 32.1. The molecule has 8 heteroatoms. The second kappa shape index (κ2) is 10.4. The van der Waals surface area contributed by atoms with Crippen LogP contribution in [0.3, 0.4) is 0 Å². The molecule has 0 amide bonds. The van der Waals surface area contributed by atoms with Crippen LogP contribution in [-0.4, -0.2) is 47.3 Å². The summed E-state index contributed by atoms with van der Waals surface area (Å²) in [6.07, 6.45) is 1.96. The van der Waals surface area contributed by atoms with E-state index in [1.165, 1.54) is 7.11 Å². The van der Waals surface area contributed by atoms with Crippen molar-refractivity contribution in [2.75, 3.05) is 25.6 Å². The van der Waals surface area contributed by atoms with E-state index < -0.39 is 5.97 Å². The summed E-state index contributed by atoms with van der Waals surface area (Å²) in [6.45, 7) is 5.61. The third-order valence-corrected chi connectivity index (χ3v) is 6.66. The second-order valence-electron chi connectivity index (χ2n) is 8.58. The van der Waals surface area contributed by atoms with Gasteiger partial charge in [-0.15, -0.1) is 0 Å². The van der Waals surface area contributed by atoms with Gasteiger partial charge >= 0.3 is 5.97 Å². The number of para-hydroxylation sites is 1. The van der Waals surface area contributed by atoms with Crippen LogP contribution in [-0.2, 0) is 16.0 Å². The van der Waals surface area contributed by atoms with Gasteiger partial charge in [-0.1, -0.05) is 24.3 Å². The molecule has 0 radical (unpaired) electrons. The van der Waals surface area contributed by atoms with E-state index in [0.717, 1.165) is 41.5 Å². The molecule has 7 nitrogen and oxygen atoms in total. The standard InChI is InChI=1S/C26H29N3O4S/c1-16-10-11-18-13-19(24(30)28-23(18)17(16)2)14-29(15-20-7-6-12-33-20)26(34)27-22-9-5-4-8-21(22)25(31)32-3/h4-5,8-11,13,20H,6-7,12,14-15H2,1-3H3,(H,27,34)(H,28,30)/t20-/m0/s1. The van der Waals surface area contributed by atoms with Gasteiger partial charge in [-0.2, -0.15) is 0 Å². The molecule has 4 rings (SSSR count). The van der Waals surface area contributed by atoms with Gasteiger partial charge in [0.25, 0.3) is 5.56 Å². The van der Waals surface area contributed by atoms with Crippen molar-refractivity contribution in [3.05, 3.63) is 75.1 Å². The number of aromatic nitrogens is 1. The molecule has 1 aliphatic heterocycles. The molecule has 0 bridgehead atoms. The van der Waals surface area contributed by atoms with Gasteiger partial charge in [0, 0.05) is 18.7 Å². The third kappa shape index (κ3) is 5.13. The summed E-state index contributed by atoms with van der Waals surface area (Å²) < 4.78 is 10.7. The van der Waals surface area contributed by atoms with Crippen molar-refractivity contribution in [3.63, 3.8) is 0 Å². The number of pyridine rings is 1. The van der Waals surface area contributed by atoms with Crippen molar-refractivity contribution in [2.24, 2.45) is 0 Å². The van der Waals surface area contributed by atoms with Gasteiger partial charge in [0.15, 0.2) is 5.11 Å². The van der Waals surface area contributed by atoms with E-state index in [9.17, 15) is 9.59 Å². The van der Waals surface area contributed by atoms with Crippen molar-refractivity contribution >= 4 is 39.9 Å².